The molecule has 1 amide bonds. The summed E-state index contributed by atoms with van der Waals surface area (Å²) in [5.74, 6) is -0.392. The van der Waals surface area contributed by atoms with Crippen LogP contribution in [-0.4, -0.2) is 39.6 Å². The normalized spacial score (nSPS) is 17.1. The van der Waals surface area contributed by atoms with Gasteiger partial charge in [0.25, 0.3) is 18.3 Å². The van der Waals surface area contributed by atoms with E-state index in [1.807, 2.05) is 36.4 Å². The van der Waals surface area contributed by atoms with E-state index in [0.717, 1.165) is 14.7 Å². The highest BCUT2D eigenvalue weighted by molar-refractivity contribution is 9.10. The van der Waals surface area contributed by atoms with Gasteiger partial charge in [-0.3, -0.25) is 4.79 Å². The summed E-state index contributed by atoms with van der Waals surface area (Å²) in [6, 6.07) is 26.4. The van der Waals surface area contributed by atoms with Crippen molar-refractivity contribution in [2.75, 3.05) is 6.61 Å². The molecule has 1 atom stereocenters. The summed E-state index contributed by atoms with van der Waals surface area (Å²) in [5.41, 5.74) is 0. The lowest BCUT2D eigenvalue weighted by atomic mass is 10.2. The van der Waals surface area contributed by atoms with Gasteiger partial charge >= 0.3 is 0 Å². The van der Waals surface area contributed by atoms with Crippen molar-refractivity contribution in [3.8, 4) is 0 Å². The molecule has 1 aliphatic rings. The summed E-state index contributed by atoms with van der Waals surface area (Å²) in [7, 11) is -6.89. The summed E-state index contributed by atoms with van der Waals surface area (Å²) in [6.07, 6.45) is 0.610. The Morgan fingerprint density at radius 1 is 0.914 bits per heavy atom. The second-order valence-corrected chi connectivity index (χ2v) is 16.7. The fourth-order valence-corrected chi connectivity index (χ4v) is 12.1. The van der Waals surface area contributed by atoms with E-state index in [9.17, 15) is 13.2 Å². The van der Waals surface area contributed by atoms with Gasteiger partial charge in [0.1, 0.15) is 4.90 Å². The van der Waals surface area contributed by atoms with Gasteiger partial charge in [0, 0.05) is 10.9 Å². The first kappa shape index (κ1) is 25.8. The molecule has 3 aromatic rings. The minimum absolute atomic E-state index is 0.0886. The predicted octanol–water partition coefficient (Wildman–Crippen LogP) is 4.71. The van der Waals surface area contributed by atoms with E-state index in [0.29, 0.717) is 10.9 Å². The summed E-state index contributed by atoms with van der Waals surface area (Å²) < 4.78 is 35.6. The standard InChI is InChI=1S/C27H30BrNO4SSi/c1-27(2,3)35(22-12-6-4-7-13-22,23-14-8-5-9-15-23)33-20-21-18-19-26(30)29(21)34(31,32)25-17-11-10-16-24(25)28/h4-17,21H,18-20H2,1-3H3/t21-/m0/s1. The zero-order chi connectivity index (χ0) is 25.3. The van der Waals surface area contributed by atoms with Gasteiger partial charge in [-0.25, -0.2) is 12.7 Å². The van der Waals surface area contributed by atoms with Gasteiger partial charge in [-0.05, 0) is 49.9 Å². The van der Waals surface area contributed by atoms with Crippen LogP contribution in [0.1, 0.15) is 33.6 Å². The van der Waals surface area contributed by atoms with E-state index < -0.39 is 30.3 Å². The van der Waals surface area contributed by atoms with E-state index in [2.05, 4.69) is 61.0 Å². The summed E-state index contributed by atoms with van der Waals surface area (Å²) in [5, 5.41) is 1.98. The Kier molecular flexibility index (Phi) is 7.38. The molecule has 5 nitrogen and oxygen atoms in total. The molecule has 0 unspecified atom stereocenters. The number of nitrogens with zero attached hydrogens (tertiary/aromatic N) is 1. The first-order valence-electron chi connectivity index (χ1n) is 11.7. The molecule has 4 rings (SSSR count). The van der Waals surface area contributed by atoms with Gasteiger partial charge in [-0.2, -0.15) is 0 Å². The van der Waals surface area contributed by atoms with Gasteiger partial charge in [0.05, 0.1) is 12.6 Å². The molecule has 0 spiro atoms. The zero-order valence-corrected chi connectivity index (χ0v) is 23.6. The van der Waals surface area contributed by atoms with Gasteiger partial charge < -0.3 is 4.43 Å². The van der Waals surface area contributed by atoms with E-state index in [1.54, 1.807) is 18.2 Å². The van der Waals surface area contributed by atoms with Crippen molar-refractivity contribution >= 4 is 50.6 Å². The van der Waals surface area contributed by atoms with Gasteiger partial charge in [0.2, 0.25) is 5.91 Å². The number of hydrogen-bond acceptors (Lipinski definition) is 4. The third-order valence-electron chi connectivity index (χ3n) is 6.55. The maximum absolute atomic E-state index is 13.6. The van der Waals surface area contributed by atoms with Gasteiger partial charge in [-0.1, -0.05) is 93.6 Å². The molecule has 0 N–H and O–H groups in total. The van der Waals surface area contributed by atoms with Crippen molar-refractivity contribution in [1.82, 2.24) is 4.31 Å². The average molecular weight is 573 g/mol. The number of carbonyl (C=O) groups is 1. The Balaban J connectivity index is 1.75. The van der Waals surface area contributed by atoms with Crippen LogP contribution < -0.4 is 10.4 Å². The summed E-state index contributed by atoms with van der Waals surface area (Å²) in [6.45, 7) is 6.67. The minimum atomic E-state index is -4.03. The van der Waals surface area contributed by atoms with E-state index in [-0.39, 0.29) is 23.0 Å². The minimum Gasteiger partial charge on any atom is -0.405 e. The van der Waals surface area contributed by atoms with Crippen molar-refractivity contribution in [2.24, 2.45) is 0 Å². The van der Waals surface area contributed by atoms with Crippen molar-refractivity contribution < 1.29 is 17.6 Å². The summed E-state index contributed by atoms with van der Waals surface area (Å²) >= 11 is 3.34. The molecule has 1 aliphatic heterocycles. The number of sulfonamides is 1. The highest BCUT2D eigenvalue weighted by Crippen LogP contribution is 2.38. The lowest BCUT2D eigenvalue weighted by Gasteiger charge is -2.44. The first-order chi connectivity index (χ1) is 16.6. The molecule has 1 saturated heterocycles. The second kappa shape index (κ2) is 10.0. The third kappa shape index (κ3) is 4.77. The maximum Gasteiger partial charge on any atom is 0.267 e. The number of benzene rings is 3. The van der Waals surface area contributed by atoms with Crippen molar-refractivity contribution in [3.05, 3.63) is 89.4 Å². The number of hydrogen-bond donors (Lipinski definition) is 0. The van der Waals surface area contributed by atoms with Crippen LogP contribution >= 0.6 is 15.9 Å². The smallest absolute Gasteiger partial charge is 0.267 e. The third-order valence-corrected chi connectivity index (χ3v) is 14.4. The summed E-state index contributed by atoms with van der Waals surface area (Å²) in [4.78, 5) is 13.0. The molecule has 184 valence electrons. The van der Waals surface area contributed by atoms with Crippen LogP contribution in [0.3, 0.4) is 0 Å². The molecule has 0 aromatic heterocycles. The molecule has 3 aromatic carbocycles. The topological polar surface area (TPSA) is 63.7 Å². The van der Waals surface area contributed by atoms with Gasteiger partial charge in [-0.15, -0.1) is 0 Å². The Hall–Kier alpha value is -2.26. The monoisotopic (exact) mass is 571 g/mol. The molecule has 1 fully saturated rings. The fourth-order valence-electron chi connectivity index (χ4n) is 4.95. The van der Waals surface area contributed by atoms with Crippen LogP contribution in [-0.2, 0) is 19.2 Å². The van der Waals surface area contributed by atoms with Crippen molar-refractivity contribution in [2.45, 2.75) is 49.6 Å². The molecule has 0 aliphatic carbocycles. The van der Waals surface area contributed by atoms with Crippen LogP contribution in [0.15, 0.2) is 94.3 Å². The number of halogens is 1. The maximum atomic E-state index is 13.6. The van der Waals surface area contributed by atoms with E-state index in [4.69, 9.17) is 4.43 Å². The first-order valence-corrected chi connectivity index (χ1v) is 15.8. The quantitative estimate of drug-likeness (QED) is 0.385. The molecule has 35 heavy (non-hydrogen) atoms. The molecule has 0 saturated carbocycles. The van der Waals surface area contributed by atoms with Crippen LogP contribution in [0.2, 0.25) is 5.04 Å². The lowest BCUT2D eigenvalue weighted by Crippen LogP contribution is -2.67. The highest BCUT2D eigenvalue weighted by Gasteiger charge is 2.51. The lowest BCUT2D eigenvalue weighted by molar-refractivity contribution is -0.124. The van der Waals surface area contributed by atoms with Gasteiger partial charge in [0.15, 0.2) is 0 Å². The number of rotatable bonds is 7. The predicted molar refractivity (Wildman–Crippen MR) is 145 cm³/mol. The van der Waals surface area contributed by atoms with E-state index >= 15 is 0 Å². The van der Waals surface area contributed by atoms with E-state index in [1.165, 1.54) is 6.07 Å². The average Bonchev–Trinajstić information content (AvgIpc) is 3.21. The highest BCUT2D eigenvalue weighted by atomic mass is 79.9. The van der Waals surface area contributed by atoms with Crippen LogP contribution in [0.25, 0.3) is 0 Å². The van der Waals surface area contributed by atoms with Crippen molar-refractivity contribution in [1.29, 1.82) is 0 Å². The Morgan fingerprint density at radius 3 is 1.94 bits per heavy atom. The SMILES string of the molecule is CC(C)(C)[Si](OC[C@@H]1CCC(=O)N1S(=O)(=O)c1ccccc1Br)(c1ccccc1)c1ccccc1. The fraction of sp³-hybridized carbons (Fsp3) is 0.296. The Bertz CT molecular complexity index is 1250. The van der Waals surface area contributed by atoms with Crippen molar-refractivity contribution in [3.63, 3.8) is 0 Å². The molecule has 1 heterocycles. The van der Waals surface area contributed by atoms with Crippen LogP contribution in [0, 0.1) is 0 Å². The second-order valence-electron chi connectivity index (χ2n) is 9.79. The Morgan fingerprint density at radius 2 is 1.43 bits per heavy atom. The van der Waals surface area contributed by atoms with Crippen LogP contribution in [0.4, 0.5) is 0 Å². The van der Waals surface area contributed by atoms with Crippen LogP contribution in [0.5, 0.6) is 0 Å². The molecule has 0 radical (unpaired) electrons. The zero-order valence-electron chi connectivity index (χ0n) is 20.1. The number of carbonyl (C=O) groups excluding carboxylic acids is 1. The molecule has 8 heteroatoms. The molecular weight excluding hydrogens is 542 g/mol. The number of amides is 1. The molecular formula is C27H30BrNO4SSi. The largest absolute Gasteiger partial charge is 0.405 e. The molecule has 0 bridgehead atoms. The Labute approximate surface area is 217 Å².